The van der Waals surface area contributed by atoms with Crippen LogP contribution in [0.3, 0.4) is 0 Å². The number of ether oxygens (including phenoxy) is 1. The van der Waals surface area contributed by atoms with Gasteiger partial charge in [0.15, 0.2) is 12.0 Å². The Hall–Kier alpha value is -2.31. The molecule has 2 N–H and O–H groups in total. The lowest BCUT2D eigenvalue weighted by atomic mass is 10.1. The normalized spacial score (nSPS) is 23.5. The summed E-state index contributed by atoms with van der Waals surface area (Å²) in [7, 11) is 0. The van der Waals surface area contributed by atoms with Crippen molar-refractivity contribution in [2.75, 3.05) is 19.6 Å². The predicted octanol–water partition coefficient (Wildman–Crippen LogP) is -0.198. The maximum Gasteiger partial charge on any atom is 0.239 e. The molecule has 1 aliphatic carbocycles. The molecule has 0 aromatic rings. The van der Waals surface area contributed by atoms with Gasteiger partial charge in [-0.15, -0.1) is 0 Å². The van der Waals surface area contributed by atoms with E-state index in [0.29, 0.717) is 38.1 Å². The Balaban J connectivity index is 1.36. The third-order valence-electron chi connectivity index (χ3n) is 3.91. The van der Waals surface area contributed by atoms with E-state index in [1.165, 1.54) is 6.08 Å². The molecule has 0 aromatic carbocycles. The van der Waals surface area contributed by atoms with Gasteiger partial charge in [0, 0.05) is 25.9 Å². The standard InChI is InChI=1S/C15H19N3O4/c19-10-3-4-11-12(8-10)22-14(17-11)5-6-16-13(20)9-18-7-1-2-15(18)21/h3-4,14,17H,1-2,5-9H2,(H,16,20). The highest BCUT2D eigenvalue weighted by Crippen LogP contribution is 2.24. The molecule has 0 aromatic heterocycles. The SMILES string of the molecule is O=C1C=CC2=C(C1)OC(CCNC(=O)CN1CCCC1=O)N2. The number of carbonyl (C=O) groups is 3. The largest absolute Gasteiger partial charge is 0.472 e. The number of hydrogen-bond donors (Lipinski definition) is 2. The van der Waals surface area contributed by atoms with E-state index in [9.17, 15) is 14.4 Å². The summed E-state index contributed by atoms with van der Waals surface area (Å²) in [4.78, 5) is 36.1. The molecule has 3 rings (SSSR count). The van der Waals surface area contributed by atoms with Gasteiger partial charge in [-0.3, -0.25) is 14.4 Å². The maximum absolute atomic E-state index is 11.8. The predicted molar refractivity (Wildman–Crippen MR) is 77.2 cm³/mol. The molecule has 0 saturated carbocycles. The van der Waals surface area contributed by atoms with Crippen molar-refractivity contribution in [1.29, 1.82) is 0 Å². The molecule has 22 heavy (non-hydrogen) atoms. The van der Waals surface area contributed by atoms with E-state index in [4.69, 9.17) is 4.74 Å². The minimum absolute atomic E-state index is 0.0322. The summed E-state index contributed by atoms with van der Waals surface area (Å²) < 4.78 is 5.65. The molecular weight excluding hydrogens is 286 g/mol. The summed E-state index contributed by atoms with van der Waals surface area (Å²) >= 11 is 0. The Bertz CT molecular complexity index is 567. The fraction of sp³-hybridized carbons (Fsp3) is 0.533. The zero-order valence-corrected chi connectivity index (χ0v) is 12.3. The van der Waals surface area contributed by atoms with Crippen molar-refractivity contribution in [3.05, 3.63) is 23.6 Å². The quantitative estimate of drug-likeness (QED) is 0.734. The van der Waals surface area contributed by atoms with E-state index >= 15 is 0 Å². The molecule has 2 amide bonds. The van der Waals surface area contributed by atoms with Crippen molar-refractivity contribution < 1.29 is 19.1 Å². The molecule has 118 valence electrons. The van der Waals surface area contributed by atoms with Gasteiger partial charge in [0.1, 0.15) is 5.76 Å². The van der Waals surface area contributed by atoms with Crippen LogP contribution in [0.4, 0.5) is 0 Å². The van der Waals surface area contributed by atoms with Gasteiger partial charge >= 0.3 is 0 Å². The van der Waals surface area contributed by atoms with Gasteiger partial charge in [0.25, 0.3) is 0 Å². The molecule has 1 atom stereocenters. The molecule has 0 bridgehead atoms. The van der Waals surface area contributed by atoms with Crippen LogP contribution in [0.2, 0.25) is 0 Å². The first-order chi connectivity index (χ1) is 10.6. The molecule has 1 unspecified atom stereocenters. The number of ketones is 1. The van der Waals surface area contributed by atoms with E-state index in [1.807, 2.05) is 0 Å². The Morgan fingerprint density at radius 1 is 1.41 bits per heavy atom. The van der Waals surface area contributed by atoms with Crippen LogP contribution in [0, 0.1) is 0 Å². The van der Waals surface area contributed by atoms with Crippen LogP contribution in [0.5, 0.6) is 0 Å². The third kappa shape index (κ3) is 3.29. The van der Waals surface area contributed by atoms with Crippen LogP contribution >= 0.6 is 0 Å². The lowest BCUT2D eigenvalue weighted by Crippen LogP contribution is -2.39. The second-order valence-corrected chi connectivity index (χ2v) is 5.62. The minimum atomic E-state index is -0.228. The Labute approximate surface area is 128 Å². The van der Waals surface area contributed by atoms with Crippen molar-refractivity contribution in [3.63, 3.8) is 0 Å². The van der Waals surface area contributed by atoms with Gasteiger partial charge in [-0.25, -0.2) is 0 Å². The first-order valence-electron chi connectivity index (χ1n) is 7.53. The highest BCUT2D eigenvalue weighted by molar-refractivity contribution is 5.93. The van der Waals surface area contributed by atoms with E-state index in [1.54, 1.807) is 11.0 Å². The summed E-state index contributed by atoms with van der Waals surface area (Å²) in [6.45, 7) is 1.25. The van der Waals surface area contributed by atoms with Gasteiger partial charge in [-0.1, -0.05) is 0 Å². The highest BCUT2D eigenvalue weighted by Gasteiger charge is 2.27. The minimum Gasteiger partial charge on any atom is -0.472 e. The van der Waals surface area contributed by atoms with Crippen molar-refractivity contribution in [3.8, 4) is 0 Å². The number of rotatable bonds is 5. The topological polar surface area (TPSA) is 87.7 Å². The molecule has 3 aliphatic rings. The average molecular weight is 305 g/mol. The van der Waals surface area contributed by atoms with Crippen molar-refractivity contribution in [2.45, 2.75) is 31.9 Å². The third-order valence-corrected chi connectivity index (χ3v) is 3.91. The van der Waals surface area contributed by atoms with E-state index < -0.39 is 0 Å². The zero-order chi connectivity index (χ0) is 15.5. The first kappa shape index (κ1) is 14.6. The number of nitrogens with zero attached hydrogens (tertiary/aromatic N) is 1. The summed E-state index contributed by atoms with van der Waals surface area (Å²) in [5.74, 6) is 0.599. The van der Waals surface area contributed by atoms with E-state index in [0.717, 1.165) is 12.1 Å². The second-order valence-electron chi connectivity index (χ2n) is 5.62. The van der Waals surface area contributed by atoms with Crippen molar-refractivity contribution in [1.82, 2.24) is 15.5 Å². The summed E-state index contributed by atoms with van der Waals surface area (Å²) in [5.41, 5.74) is 0.846. The number of nitrogens with one attached hydrogen (secondary N) is 2. The molecular formula is C15H19N3O4. The smallest absolute Gasteiger partial charge is 0.239 e. The monoisotopic (exact) mass is 305 g/mol. The Morgan fingerprint density at radius 2 is 2.27 bits per heavy atom. The second kappa shape index (κ2) is 6.21. The van der Waals surface area contributed by atoms with Crippen molar-refractivity contribution >= 4 is 17.6 Å². The van der Waals surface area contributed by atoms with Crippen LogP contribution in [-0.4, -0.2) is 48.4 Å². The van der Waals surface area contributed by atoms with Gasteiger partial charge in [-0.05, 0) is 18.6 Å². The molecule has 0 spiro atoms. The van der Waals surface area contributed by atoms with Gasteiger partial charge in [-0.2, -0.15) is 0 Å². The number of hydrogen-bond acceptors (Lipinski definition) is 5. The molecule has 7 nitrogen and oxygen atoms in total. The summed E-state index contributed by atoms with van der Waals surface area (Å²) in [5, 5.41) is 5.96. The van der Waals surface area contributed by atoms with Crippen LogP contribution < -0.4 is 10.6 Å². The molecule has 2 aliphatic heterocycles. The van der Waals surface area contributed by atoms with Crippen molar-refractivity contribution in [2.24, 2.45) is 0 Å². The average Bonchev–Trinajstić information content (AvgIpc) is 3.05. The summed E-state index contributed by atoms with van der Waals surface area (Å²) in [6, 6.07) is 0. The molecule has 2 heterocycles. The number of amides is 2. The van der Waals surface area contributed by atoms with Gasteiger partial charge < -0.3 is 20.3 Å². The van der Waals surface area contributed by atoms with Crippen LogP contribution in [0.1, 0.15) is 25.7 Å². The zero-order valence-electron chi connectivity index (χ0n) is 12.3. The summed E-state index contributed by atoms with van der Waals surface area (Å²) in [6.07, 6.45) is 5.28. The lowest BCUT2D eigenvalue weighted by Gasteiger charge is -2.16. The Morgan fingerprint density at radius 3 is 3.05 bits per heavy atom. The van der Waals surface area contributed by atoms with Gasteiger partial charge in [0.2, 0.25) is 11.8 Å². The highest BCUT2D eigenvalue weighted by atomic mass is 16.5. The van der Waals surface area contributed by atoms with Crippen LogP contribution in [0.15, 0.2) is 23.6 Å². The fourth-order valence-corrected chi connectivity index (χ4v) is 2.76. The Kier molecular flexibility index (Phi) is 4.13. The number of carbonyl (C=O) groups excluding carboxylic acids is 3. The van der Waals surface area contributed by atoms with Crippen LogP contribution in [-0.2, 0) is 19.1 Å². The van der Waals surface area contributed by atoms with Gasteiger partial charge in [0.05, 0.1) is 18.7 Å². The van der Waals surface area contributed by atoms with Crippen LogP contribution in [0.25, 0.3) is 0 Å². The number of likely N-dealkylation sites (tertiary alicyclic amines) is 1. The molecule has 0 radical (unpaired) electrons. The van der Waals surface area contributed by atoms with E-state index in [-0.39, 0.29) is 30.4 Å². The lowest BCUT2D eigenvalue weighted by molar-refractivity contribution is -0.133. The van der Waals surface area contributed by atoms with E-state index in [2.05, 4.69) is 10.6 Å². The first-order valence-corrected chi connectivity index (χ1v) is 7.53. The maximum atomic E-state index is 11.8. The molecule has 1 saturated heterocycles. The fourth-order valence-electron chi connectivity index (χ4n) is 2.76. The molecule has 7 heteroatoms. The number of allylic oxidation sites excluding steroid dienone is 3. The molecule has 1 fully saturated rings.